The molecule has 0 fully saturated rings. The van der Waals surface area contributed by atoms with Crippen LogP contribution in [0, 0.1) is 13.8 Å². The van der Waals surface area contributed by atoms with E-state index in [1.54, 1.807) is 7.11 Å². The van der Waals surface area contributed by atoms with Crippen LogP contribution in [-0.4, -0.2) is 36.0 Å². The molecule has 0 amide bonds. The SMILES string of the molecule is CCCCCCNC(N)=NCc1c(C)nn(CCOC)c1C.I. The lowest BCUT2D eigenvalue weighted by molar-refractivity contribution is 0.182. The van der Waals surface area contributed by atoms with Crippen LogP contribution in [-0.2, 0) is 17.8 Å². The van der Waals surface area contributed by atoms with Crippen molar-refractivity contribution in [2.75, 3.05) is 20.3 Å². The summed E-state index contributed by atoms with van der Waals surface area (Å²) in [5.41, 5.74) is 9.20. The molecule has 1 aromatic rings. The summed E-state index contributed by atoms with van der Waals surface area (Å²) in [6.07, 6.45) is 4.89. The topological polar surface area (TPSA) is 77.5 Å². The zero-order valence-electron chi connectivity index (χ0n) is 14.9. The van der Waals surface area contributed by atoms with Crippen LogP contribution in [0.4, 0.5) is 0 Å². The molecule has 0 unspecified atom stereocenters. The highest BCUT2D eigenvalue weighted by atomic mass is 127. The highest BCUT2D eigenvalue weighted by Gasteiger charge is 2.10. The van der Waals surface area contributed by atoms with Crippen molar-refractivity contribution >= 4 is 29.9 Å². The van der Waals surface area contributed by atoms with Crippen molar-refractivity contribution in [1.29, 1.82) is 0 Å². The molecule has 0 radical (unpaired) electrons. The summed E-state index contributed by atoms with van der Waals surface area (Å²) in [6, 6.07) is 0. The maximum absolute atomic E-state index is 5.92. The van der Waals surface area contributed by atoms with Crippen LogP contribution >= 0.6 is 24.0 Å². The Morgan fingerprint density at radius 2 is 2.04 bits per heavy atom. The molecule has 0 saturated carbocycles. The average Bonchev–Trinajstić information content (AvgIpc) is 2.77. The molecule has 1 aromatic heterocycles. The van der Waals surface area contributed by atoms with Crippen LogP contribution in [0.5, 0.6) is 0 Å². The van der Waals surface area contributed by atoms with E-state index < -0.39 is 0 Å². The first kappa shape index (κ1) is 22.2. The predicted molar refractivity (Wildman–Crippen MR) is 106 cm³/mol. The molecule has 0 aliphatic heterocycles. The molecular formula is C16H32IN5O. The van der Waals surface area contributed by atoms with Crippen molar-refractivity contribution in [2.45, 2.75) is 59.5 Å². The third kappa shape index (κ3) is 8.01. The lowest BCUT2D eigenvalue weighted by Crippen LogP contribution is -2.32. The van der Waals surface area contributed by atoms with Crippen LogP contribution < -0.4 is 11.1 Å². The van der Waals surface area contributed by atoms with Crippen molar-refractivity contribution < 1.29 is 4.74 Å². The van der Waals surface area contributed by atoms with Gasteiger partial charge in [-0.1, -0.05) is 26.2 Å². The number of nitrogens with two attached hydrogens (primary N) is 1. The van der Waals surface area contributed by atoms with Gasteiger partial charge in [-0.25, -0.2) is 4.99 Å². The van der Waals surface area contributed by atoms with E-state index in [2.05, 4.69) is 29.3 Å². The van der Waals surface area contributed by atoms with Crippen molar-refractivity contribution in [1.82, 2.24) is 15.1 Å². The van der Waals surface area contributed by atoms with Gasteiger partial charge in [0.25, 0.3) is 0 Å². The minimum Gasteiger partial charge on any atom is -0.383 e. The molecule has 6 nitrogen and oxygen atoms in total. The fourth-order valence-electron chi connectivity index (χ4n) is 2.35. The van der Waals surface area contributed by atoms with Gasteiger partial charge in [0, 0.05) is 24.9 Å². The Morgan fingerprint density at radius 3 is 2.70 bits per heavy atom. The lowest BCUT2D eigenvalue weighted by atomic mass is 10.2. The number of aliphatic imine (C=N–C) groups is 1. The number of methoxy groups -OCH3 is 1. The van der Waals surface area contributed by atoms with Gasteiger partial charge >= 0.3 is 0 Å². The largest absolute Gasteiger partial charge is 0.383 e. The highest BCUT2D eigenvalue weighted by molar-refractivity contribution is 14.0. The van der Waals surface area contributed by atoms with E-state index in [4.69, 9.17) is 10.5 Å². The molecule has 23 heavy (non-hydrogen) atoms. The van der Waals surface area contributed by atoms with Gasteiger partial charge in [-0.3, -0.25) is 4.68 Å². The Bertz CT molecular complexity index is 473. The second-order valence-corrected chi connectivity index (χ2v) is 5.55. The predicted octanol–water partition coefficient (Wildman–Crippen LogP) is 2.75. The van der Waals surface area contributed by atoms with Crippen LogP contribution in [0.1, 0.15) is 49.6 Å². The Balaban J connectivity index is 0.00000484. The monoisotopic (exact) mass is 437 g/mol. The normalized spacial score (nSPS) is 11.4. The molecule has 3 N–H and O–H groups in total. The number of ether oxygens (including phenoxy) is 1. The summed E-state index contributed by atoms with van der Waals surface area (Å²) in [6.45, 7) is 9.16. The number of aromatic nitrogens is 2. The molecule has 0 aromatic carbocycles. The first-order valence-corrected chi connectivity index (χ1v) is 8.15. The van der Waals surface area contributed by atoms with E-state index >= 15 is 0 Å². The van der Waals surface area contributed by atoms with Gasteiger partial charge in [-0.05, 0) is 20.3 Å². The van der Waals surface area contributed by atoms with Crippen LogP contribution in [0.15, 0.2) is 4.99 Å². The van der Waals surface area contributed by atoms with Gasteiger partial charge in [0.1, 0.15) is 0 Å². The molecular weight excluding hydrogens is 405 g/mol. The molecule has 0 saturated heterocycles. The van der Waals surface area contributed by atoms with E-state index in [1.165, 1.54) is 19.3 Å². The number of guanidine groups is 1. The fraction of sp³-hybridized carbons (Fsp3) is 0.750. The molecule has 7 heteroatoms. The van der Waals surface area contributed by atoms with E-state index in [1.807, 2.05) is 11.6 Å². The maximum atomic E-state index is 5.92. The van der Waals surface area contributed by atoms with Crippen LogP contribution in [0.3, 0.4) is 0 Å². The number of halogens is 1. The van der Waals surface area contributed by atoms with Gasteiger partial charge in [0.2, 0.25) is 0 Å². The van der Waals surface area contributed by atoms with Gasteiger partial charge in [-0.2, -0.15) is 5.10 Å². The Hall–Kier alpha value is -0.830. The molecule has 134 valence electrons. The Kier molecular flexibility index (Phi) is 12.1. The number of nitrogens with one attached hydrogen (secondary N) is 1. The number of unbranched alkanes of at least 4 members (excludes halogenated alkanes) is 3. The van der Waals surface area contributed by atoms with Gasteiger partial charge in [0.15, 0.2) is 5.96 Å². The summed E-state index contributed by atoms with van der Waals surface area (Å²) in [7, 11) is 1.70. The van der Waals surface area contributed by atoms with E-state index in [-0.39, 0.29) is 24.0 Å². The zero-order valence-corrected chi connectivity index (χ0v) is 17.2. The number of hydrogen-bond acceptors (Lipinski definition) is 3. The minimum atomic E-state index is 0. The van der Waals surface area contributed by atoms with Crippen molar-refractivity contribution in [2.24, 2.45) is 10.7 Å². The zero-order chi connectivity index (χ0) is 16.4. The van der Waals surface area contributed by atoms with Crippen LogP contribution in [0.2, 0.25) is 0 Å². The molecule has 0 spiro atoms. The average molecular weight is 437 g/mol. The van der Waals surface area contributed by atoms with E-state index in [0.29, 0.717) is 19.1 Å². The van der Waals surface area contributed by atoms with Crippen molar-refractivity contribution in [3.05, 3.63) is 17.0 Å². The quantitative estimate of drug-likeness (QED) is 0.256. The highest BCUT2D eigenvalue weighted by Crippen LogP contribution is 2.14. The van der Waals surface area contributed by atoms with Crippen molar-refractivity contribution in [3.63, 3.8) is 0 Å². The smallest absolute Gasteiger partial charge is 0.188 e. The number of hydrogen-bond donors (Lipinski definition) is 2. The number of aryl methyl sites for hydroxylation is 1. The lowest BCUT2D eigenvalue weighted by Gasteiger charge is -2.06. The maximum Gasteiger partial charge on any atom is 0.188 e. The standard InChI is InChI=1S/C16H31N5O.HI/c1-5-6-7-8-9-18-16(17)19-12-15-13(2)20-21(14(15)3)10-11-22-4;/h5-12H2,1-4H3,(H3,17,18,19);1H. The molecule has 0 bridgehead atoms. The summed E-state index contributed by atoms with van der Waals surface area (Å²) >= 11 is 0. The Labute approximate surface area is 157 Å². The molecule has 1 rings (SSSR count). The summed E-state index contributed by atoms with van der Waals surface area (Å²) in [5, 5.41) is 7.70. The van der Waals surface area contributed by atoms with E-state index in [9.17, 15) is 0 Å². The second-order valence-electron chi connectivity index (χ2n) is 5.55. The third-order valence-corrected chi connectivity index (χ3v) is 3.78. The van der Waals surface area contributed by atoms with Gasteiger partial charge in [-0.15, -0.1) is 24.0 Å². The summed E-state index contributed by atoms with van der Waals surface area (Å²) < 4.78 is 7.07. The van der Waals surface area contributed by atoms with Gasteiger partial charge in [0.05, 0.1) is 25.4 Å². The minimum absolute atomic E-state index is 0. The van der Waals surface area contributed by atoms with Crippen molar-refractivity contribution in [3.8, 4) is 0 Å². The number of rotatable bonds is 10. The third-order valence-electron chi connectivity index (χ3n) is 3.78. The second kappa shape index (κ2) is 12.6. The van der Waals surface area contributed by atoms with Gasteiger partial charge < -0.3 is 15.8 Å². The molecule has 1 heterocycles. The molecule has 0 aliphatic rings. The fourth-order valence-corrected chi connectivity index (χ4v) is 2.35. The number of nitrogens with zero attached hydrogens (tertiary/aromatic N) is 3. The van der Waals surface area contributed by atoms with Crippen LogP contribution in [0.25, 0.3) is 0 Å². The van der Waals surface area contributed by atoms with E-state index in [0.717, 1.165) is 36.5 Å². The summed E-state index contributed by atoms with van der Waals surface area (Å²) in [5.74, 6) is 0.514. The molecule has 0 atom stereocenters. The summed E-state index contributed by atoms with van der Waals surface area (Å²) in [4.78, 5) is 4.43. The molecule has 0 aliphatic carbocycles. The Morgan fingerprint density at radius 1 is 1.30 bits per heavy atom. The first-order chi connectivity index (χ1) is 10.6. The first-order valence-electron chi connectivity index (χ1n) is 8.15.